The maximum absolute atomic E-state index is 12.0. The van der Waals surface area contributed by atoms with E-state index in [9.17, 15) is 4.79 Å². The summed E-state index contributed by atoms with van der Waals surface area (Å²) in [6.07, 6.45) is 0.375. The van der Waals surface area contributed by atoms with Crippen LogP contribution in [0.1, 0.15) is 24.9 Å². The molecule has 1 aliphatic heterocycles. The number of nitrogens with one attached hydrogen (secondary N) is 2. The predicted octanol–water partition coefficient (Wildman–Crippen LogP) is 1.67. The van der Waals surface area contributed by atoms with Crippen LogP contribution in [0.2, 0.25) is 0 Å². The molecule has 1 aromatic carbocycles. The van der Waals surface area contributed by atoms with Crippen molar-refractivity contribution in [2.75, 3.05) is 26.8 Å². The van der Waals surface area contributed by atoms with E-state index >= 15 is 0 Å². The number of carbonyl (C=O) groups is 1. The summed E-state index contributed by atoms with van der Waals surface area (Å²) in [5.74, 6) is 0.830. The van der Waals surface area contributed by atoms with Crippen LogP contribution in [0.3, 0.4) is 0 Å². The van der Waals surface area contributed by atoms with Gasteiger partial charge in [0.15, 0.2) is 0 Å². The molecule has 0 aromatic heterocycles. The SMILES string of the molecule is COc1ccc(C(C)NC(=O)CC2CNCCO2)cc1.Cl. The van der Waals surface area contributed by atoms with Crippen molar-refractivity contribution in [1.29, 1.82) is 0 Å². The first kappa shape index (κ1) is 17.8. The Morgan fingerprint density at radius 1 is 1.48 bits per heavy atom. The van der Waals surface area contributed by atoms with E-state index in [1.807, 2.05) is 31.2 Å². The van der Waals surface area contributed by atoms with Gasteiger partial charge in [0.1, 0.15) is 5.75 Å². The van der Waals surface area contributed by atoms with Crippen molar-refractivity contribution in [1.82, 2.24) is 10.6 Å². The van der Waals surface area contributed by atoms with Crippen LogP contribution in [0, 0.1) is 0 Å². The molecule has 0 aliphatic carbocycles. The summed E-state index contributed by atoms with van der Waals surface area (Å²) in [7, 11) is 1.64. The van der Waals surface area contributed by atoms with Crippen LogP contribution in [0.5, 0.6) is 5.75 Å². The van der Waals surface area contributed by atoms with Crippen LogP contribution in [0.15, 0.2) is 24.3 Å². The van der Waals surface area contributed by atoms with E-state index in [0.29, 0.717) is 13.0 Å². The number of hydrogen-bond donors (Lipinski definition) is 2. The maximum atomic E-state index is 12.0. The highest BCUT2D eigenvalue weighted by molar-refractivity contribution is 5.85. The lowest BCUT2D eigenvalue weighted by Gasteiger charge is -2.24. The minimum Gasteiger partial charge on any atom is -0.497 e. The number of morpholine rings is 1. The third-order valence-electron chi connectivity index (χ3n) is 3.41. The lowest BCUT2D eigenvalue weighted by molar-refractivity contribution is -0.125. The fourth-order valence-electron chi connectivity index (χ4n) is 2.23. The number of hydrogen-bond acceptors (Lipinski definition) is 4. The minimum atomic E-state index is -0.0232. The molecule has 1 saturated heterocycles. The van der Waals surface area contributed by atoms with Crippen molar-refractivity contribution in [3.8, 4) is 5.75 Å². The second-order valence-electron chi connectivity index (χ2n) is 4.96. The Balaban J connectivity index is 0.00000220. The van der Waals surface area contributed by atoms with E-state index in [1.54, 1.807) is 7.11 Å². The minimum absolute atomic E-state index is 0. The average Bonchev–Trinajstić information content (AvgIpc) is 2.48. The molecule has 21 heavy (non-hydrogen) atoms. The molecule has 0 spiro atoms. The van der Waals surface area contributed by atoms with E-state index in [2.05, 4.69) is 10.6 Å². The highest BCUT2D eigenvalue weighted by Crippen LogP contribution is 2.17. The van der Waals surface area contributed by atoms with Gasteiger partial charge < -0.3 is 20.1 Å². The van der Waals surface area contributed by atoms with Crippen LogP contribution >= 0.6 is 12.4 Å². The third-order valence-corrected chi connectivity index (χ3v) is 3.41. The van der Waals surface area contributed by atoms with Crippen molar-refractivity contribution in [3.05, 3.63) is 29.8 Å². The van der Waals surface area contributed by atoms with Gasteiger partial charge in [0.05, 0.1) is 32.3 Å². The van der Waals surface area contributed by atoms with Crippen molar-refractivity contribution in [2.45, 2.75) is 25.5 Å². The summed E-state index contributed by atoms with van der Waals surface area (Å²) in [5.41, 5.74) is 1.06. The number of methoxy groups -OCH3 is 1. The Labute approximate surface area is 131 Å². The number of carbonyl (C=O) groups excluding carboxylic acids is 1. The van der Waals surface area contributed by atoms with Gasteiger partial charge >= 0.3 is 0 Å². The molecule has 6 heteroatoms. The zero-order valence-electron chi connectivity index (χ0n) is 12.4. The van der Waals surface area contributed by atoms with Crippen LogP contribution in [-0.4, -0.2) is 38.8 Å². The Morgan fingerprint density at radius 2 is 2.19 bits per heavy atom. The van der Waals surface area contributed by atoms with Crippen molar-refractivity contribution in [2.24, 2.45) is 0 Å². The van der Waals surface area contributed by atoms with Gasteiger partial charge in [-0.1, -0.05) is 12.1 Å². The monoisotopic (exact) mass is 314 g/mol. The number of rotatable bonds is 5. The molecule has 0 bridgehead atoms. The molecule has 2 unspecified atom stereocenters. The molecule has 0 saturated carbocycles. The van der Waals surface area contributed by atoms with Crippen LogP contribution in [0.4, 0.5) is 0 Å². The molecule has 1 heterocycles. The first-order chi connectivity index (χ1) is 9.69. The molecule has 1 aliphatic rings. The van der Waals surface area contributed by atoms with Crippen LogP contribution < -0.4 is 15.4 Å². The van der Waals surface area contributed by atoms with Crippen molar-refractivity contribution < 1.29 is 14.3 Å². The van der Waals surface area contributed by atoms with Gasteiger partial charge in [0.25, 0.3) is 0 Å². The fraction of sp³-hybridized carbons (Fsp3) is 0.533. The smallest absolute Gasteiger partial charge is 0.223 e. The fourth-order valence-corrected chi connectivity index (χ4v) is 2.23. The summed E-state index contributed by atoms with van der Waals surface area (Å²) in [6, 6.07) is 7.69. The first-order valence-corrected chi connectivity index (χ1v) is 6.94. The van der Waals surface area contributed by atoms with Gasteiger partial charge in [-0.3, -0.25) is 4.79 Å². The maximum Gasteiger partial charge on any atom is 0.223 e. The zero-order chi connectivity index (χ0) is 14.4. The molecule has 0 radical (unpaired) electrons. The molecule has 1 aromatic rings. The van der Waals surface area contributed by atoms with Gasteiger partial charge in [-0.05, 0) is 24.6 Å². The van der Waals surface area contributed by atoms with Gasteiger partial charge in [-0.15, -0.1) is 12.4 Å². The Hall–Kier alpha value is -1.30. The predicted molar refractivity (Wildman–Crippen MR) is 84.0 cm³/mol. The summed E-state index contributed by atoms with van der Waals surface area (Å²) >= 11 is 0. The summed E-state index contributed by atoms with van der Waals surface area (Å²) in [5, 5.41) is 6.21. The second kappa shape index (κ2) is 8.87. The van der Waals surface area contributed by atoms with Gasteiger partial charge in [-0.2, -0.15) is 0 Å². The van der Waals surface area contributed by atoms with Gasteiger partial charge in [-0.25, -0.2) is 0 Å². The van der Waals surface area contributed by atoms with Crippen LogP contribution in [-0.2, 0) is 9.53 Å². The summed E-state index contributed by atoms with van der Waals surface area (Å²) in [4.78, 5) is 12.0. The zero-order valence-corrected chi connectivity index (χ0v) is 13.2. The van der Waals surface area contributed by atoms with Gasteiger partial charge in [0.2, 0.25) is 5.91 Å². The average molecular weight is 315 g/mol. The van der Waals surface area contributed by atoms with Gasteiger partial charge in [0, 0.05) is 13.1 Å². The van der Waals surface area contributed by atoms with E-state index in [1.165, 1.54) is 0 Å². The molecule has 1 fully saturated rings. The lowest BCUT2D eigenvalue weighted by Crippen LogP contribution is -2.41. The molecule has 2 N–H and O–H groups in total. The molecule has 5 nitrogen and oxygen atoms in total. The molecule has 1 amide bonds. The third kappa shape index (κ3) is 5.53. The standard InChI is InChI=1S/C15H22N2O3.ClH/c1-11(12-3-5-13(19-2)6-4-12)17-15(18)9-14-10-16-7-8-20-14;/h3-6,11,14,16H,7-10H2,1-2H3,(H,17,18);1H. The van der Waals surface area contributed by atoms with Crippen molar-refractivity contribution >= 4 is 18.3 Å². The quantitative estimate of drug-likeness (QED) is 0.868. The molecular weight excluding hydrogens is 292 g/mol. The molecular formula is C15H23ClN2O3. The van der Waals surface area contributed by atoms with E-state index < -0.39 is 0 Å². The number of halogens is 1. The van der Waals surface area contributed by atoms with E-state index in [0.717, 1.165) is 24.4 Å². The first-order valence-electron chi connectivity index (χ1n) is 6.94. The second-order valence-corrected chi connectivity index (χ2v) is 4.96. The van der Waals surface area contributed by atoms with E-state index in [4.69, 9.17) is 9.47 Å². The number of benzene rings is 1. The Bertz CT molecular complexity index is 433. The highest BCUT2D eigenvalue weighted by atomic mass is 35.5. The normalized spacial score (nSPS) is 19.2. The summed E-state index contributed by atoms with van der Waals surface area (Å²) < 4.78 is 10.6. The topological polar surface area (TPSA) is 59.6 Å². The summed E-state index contributed by atoms with van der Waals surface area (Å²) in [6.45, 7) is 4.25. The molecule has 2 atom stereocenters. The van der Waals surface area contributed by atoms with Crippen LogP contribution in [0.25, 0.3) is 0 Å². The number of ether oxygens (including phenoxy) is 2. The van der Waals surface area contributed by atoms with E-state index in [-0.39, 0.29) is 30.5 Å². The Morgan fingerprint density at radius 3 is 2.76 bits per heavy atom. The Kier molecular flexibility index (Phi) is 7.50. The largest absolute Gasteiger partial charge is 0.497 e. The lowest BCUT2D eigenvalue weighted by atomic mass is 10.1. The highest BCUT2D eigenvalue weighted by Gasteiger charge is 2.18. The molecule has 118 valence electrons. The molecule has 2 rings (SSSR count). The number of amides is 1. The van der Waals surface area contributed by atoms with Crippen molar-refractivity contribution in [3.63, 3.8) is 0 Å².